The highest BCUT2D eigenvalue weighted by molar-refractivity contribution is 7.89. The molecule has 0 spiro atoms. The molecule has 0 unspecified atom stereocenters. The smallest absolute Gasteiger partial charge is 0.243 e. The lowest BCUT2D eigenvalue weighted by atomic mass is 10.1. The zero-order valence-corrected chi connectivity index (χ0v) is 18.1. The zero-order chi connectivity index (χ0) is 22.2. The van der Waals surface area contributed by atoms with Crippen molar-refractivity contribution in [1.82, 2.24) is 9.21 Å². The number of piperazine rings is 1. The lowest BCUT2D eigenvalue weighted by Crippen LogP contribution is -2.53. The molecule has 1 fully saturated rings. The van der Waals surface area contributed by atoms with Crippen molar-refractivity contribution in [2.24, 2.45) is 0 Å². The molecular weight excluding hydrogens is 424 g/mol. The van der Waals surface area contributed by atoms with Gasteiger partial charge in [0.15, 0.2) is 0 Å². The van der Waals surface area contributed by atoms with Crippen LogP contribution in [0.1, 0.15) is 24.5 Å². The Bertz CT molecular complexity index is 1100. The Balaban J connectivity index is 1.38. The van der Waals surface area contributed by atoms with E-state index in [2.05, 4.69) is 5.32 Å². The summed E-state index contributed by atoms with van der Waals surface area (Å²) in [6.45, 7) is 2.91. The summed E-state index contributed by atoms with van der Waals surface area (Å²) in [6.07, 6.45) is 2.95. The number of fused-ring (bicyclic) bond motifs is 1. The second-order valence-corrected chi connectivity index (χ2v) is 9.95. The molecule has 31 heavy (non-hydrogen) atoms. The highest BCUT2D eigenvalue weighted by Gasteiger charge is 2.32. The van der Waals surface area contributed by atoms with Crippen molar-refractivity contribution in [3.05, 3.63) is 59.2 Å². The largest absolute Gasteiger partial charge is 0.322 e. The summed E-state index contributed by atoms with van der Waals surface area (Å²) >= 11 is 0. The molecule has 2 aromatic rings. The fourth-order valence-electron chi connectivity index (χ4n) is 4.19. The second kappa shape index (κ2) is 8.64. The van der Waals surface area contributed by atoms with Crippen LogP contribution in [0.15, 0.2) is 41.3 Å². The van der Waals surface area contributed by atoms with Crippen LogP contribution in [0.4, 0.5) is 14.5 Å². The van der Waals surface area contributed by atoms with Gasteiger partial charge in [0, 0.05) is 32.2 Å². The molecule has 1 atom stereocenters. The first-order chi connectivity index (χ1) is 14.8. The third-order valence-electron chi connectivity index (χ3n) is 6.09. The van der Waals surface area contributed by atoms with Crippen molar-refractivity contribution < 1.29 is 22.0 Å². The van der Waals surface area contributed by atoms with Gasteiger partial charge in [-0.25, -0.2) is 17.2 Å². The molecule has 9 heteroatoms. The van der Waals surface area contributed by atoms with Gasteiger partial charge in [0.05, 0.1) is 16.6 Å². The van der Waals surface area contributed by atoms with E-state index in [1.807, 2.05) is 11.0 Å². The van der Waals surface area contributed by atoms with Crippen LogP contribution in [0.25, 0.3) is 0 Å². The summed E-state index contributed by atoms with van der Waals surface area (Å²) < 4.78 is 54.7. The van der Waals surface area contributed by atoms with Gasteiger partial charge in [0.2, 0.25) is 15.9 Å². The van der Waals surface area contributed by atoms with E-state index in [0.717, 1.165) is 43.0 Å². The summed E-state index contributed by atoms with van der Waals surface area (Å²) in [5.41, 5.74) is 2.11. The number of sulfonamides is 1. The normalized spacial score (nSPS) is 18.5. The van der Waals surface area contributed by atoms with E-state index in [9.17, 15) is 22.0 Å². The van der Waals surface area contributed by atoms with E-state index in [1.165, 1.54) is 9.87 Å². The van der Waals surface area contributed by atoms with Crippen LogP contribution in [0.2, 0.25) is 0 Å². The SMILES string of the molecule is C[C@@H](C(=O)Nc1cc(F)ccc1F)N1CCN(S(=O)(=O)c2ccc3c(c2)CCC3)CC1. The monoisotopic (exact) mass is 449 g/mol. The van der Waals surface area contributed by atoms with Crippen molar-refractivity contribution in [3.8, 4) is 0 Å². The van der Waals surface area contributed by atoms with E-state index in [1.54, 1.807) is 19.1 Å². The first-order valence-corrected chi connectivity index (χ1v) is 11.8. The molecule has 166 valence electrons. The third-order valence-corrected chi connectivity index (χ3v) is 7.99. The minimum atomic E-state index is -3.60. The van der Waals surface area contributed by atoms with E-state index in [4.69, 9.17) is 0 Å². The Morgan fingerprint density at radius 3 is 2.45 bits per heavy atom. The topological polar surface area (TPSA) is 69.7 Å². The van der Waals surface area contributed by atoms with E-state index < -0.39 is 33.6 Å². The minimum Gasteiger partial charge on any atom is -0.322 e. The molecule has 1 N–H and O–H groups in total. The molecule has 6 nitrogen and oxygen atoms in total. The summed E-state index contributed by atoms with van der Waals surface area (Å²) in [5.74, 6) is -1.83. The molecule has 1 aliphatic heterocycles. The van der Waals surface area contributed by atoms with Crippen LogP contribution in [0.3, 0.4) is 0 Å². The third kappa shape index (κ3) is 4.49. The Labute approximate surface area is 180 Å². The fraction of sp³-hybridized carbons (Fsp3) is 0.409. The Morgan fingerprint density at radius 2 is 1.71 bits per heavy atom. The van der Waals surface area contributed by atoms with Crippen LogP contribution in [0, 0.1) is 11.6 Å². The number of aryl methyl sites for hydroxylation is 2. The molecule has 0 bridgehead atoms. The fourth-order valence-corrected chi connectivity index (χ4v) is 5.66. The van der Waals surface area contributed by atoms with Gasteiger partial charge in [-0.2, -0.15) is 4.31 Å². The second-order valence-electron chi connectivity index (χ2n) is 8.01. The zero-order valence-electron chi connectivity index (χ0n) is 17.3. The lowest BCUT2D eigenvalue weighted by Gasteiger charge is -2.36. The number of rotatable bonds is 5. The van der Waals surface area contributed by atoms with E-state index in [0.29, 0.717) is 18.0 Å². The van der Waals surface area contributed by atoms with Gasteiger partial charge >= 0.3 is 0 Å². The number of anilines is 1. The van der Waals surface area contributed by atoms with Crippen molar-refractivity contribution in [3.63, 3.8) is 0 Å². The number of hydrogen-bond donors (Lipinski definition) is 1. The van der Waals surface area contributed by atoms with Crippen LogP contribution in [-0.2, 0) is 27.7 Å². The van der Waals surface area contributed by atoms with Crippen molar-refractivity contribution >= 4 is 21.6 Å². The molecule has 2 aliphatic rings. The van der Waals surface area contributed by atoms with Crippen molar-refractivity contribution in [2.75, 3.05) is 31.5 Å². The first-order valence-electron chi connectivity index (χ1n) is 10.4. The maximum absolute atomic E-state index is 13.8. The molecule has 1 amide bonds. The number of amides is 1. The van der Waals surface area contributed by atoms with E-state index >= 15 is 0 Å². The number of nitrogens with zero attached hydrogens (tertiary/aromatic N) is 2. The predicted octanol–water partition coefficient (Wildman–Crippen LogP) is 2.79. The summed E-state index contributed by atoms with van der Waals surface area (Å²) in [5, 5.41) is 2.41. The van der Waals surface area contributed by atoms with Crippen molar-refractivity contribution in [2.45, 2.75) is 37.1 Å². The van der Waals surface area contributed by atoms with Crippen LogP contribution < -0.4 is 5.32 Å². The number of nitrogens with one attached hydrogen (secondary N) is 1. The Kier molecular flexibility index (Phi) is 6.09. The highest BCUT2D eigenvalue weighted by Crippen LogP contribution is 2.27. The molecule has 1 saturated heterocycles. The summed E-state index contributed by atoms with van der Waals surface area (Å²) in [7, 11) is -3.60. The molecule has 2 aromatic carbocycles. The number of hydrogen-bond acceptors (Lipinski definition) is 4. The first kappa shape index (κ1) is 21.9. The summed E-state index contributed by atoms with van der Waals surface area (Å²) in [6, 6.07) is 7.62. The van der Waals surface area contributed by atoms with Gasteiger partial charge in [0.1, 0.15) is 11.6 Å². The molecule has 1 aliphatic carbocycles. The van der Waals surface area contributed by atoms with Gasteiger partial charge in [-0.15, -0.1) is 0 Å². The van der Waals surface area contributed by atoms with Gasteiger partial charge in [-0.05, 0) is 61.6 Å². The van der Waals surface area contributed by atoms with E-state index in [-0.39, 0.29) is 18.8 Å². The van der Waals surface area contributed by atoms with Crippen LogP contribution in [0.5, 0.6) is 0 Å². The number of benzene rings is 2. The molecule has 4 rings (SSSR count). The van der Waals surface area contributed by atoms with Gasteiger partial charge in [-0.1, -0.05) is 6.07 Å². The number of carbonyl (C=O) groups excluding carboxylic acids is 1. The number of carbonyl (C=O) groups is 1. The molecule has 1 heterocycles. The summed E-state index contributed by atoms with van der Waals surface area (Å²) in [4.78, 5) is 14.7. The van der Waals surface area contributed by atoms with Crippen molar-refractivity contribution in [1.29, 1.82) is 0 Å². The molecule has 0 saturated carbocycles. The average Bonchev–Trinajstić information content (AvgIpc) is 3.24. The number of halogens is 2. The predicted molar refractivity (Wildman–Crippen MR) is 113 cm³/mol. The lowest BCUT2D eigenvalue weighted by molar-refractivity contribution is -0.121. The molecular formula is C22H25F2N3O3S. The van der Waals surface area contributed by atoms with Gasteiger partial charge in [-0.3, -0.25) is 9.69 Å². The maximum atomic E-state index is 13.8. The minimum absolute atomic E-state index is 0.213. The van der Waals surface area contributed by atoms with Crippen LogP contribution >= 0.6 is 0 Å². The van der Waals surface area contributed by atoms with Crippen LogP contribution in [-0.4, -0.2) is 55.8 Å². The van der Waals surface area contributed by atoms with Gasteiger partial charge in [0.25, 0.3) is 0 Å². The molecule has 0 aromatic heterocycles. The highest BCUT2D eigenvalue weighted by atomic mass is 32.2. The molecule has 0 radical (unpaired) electrons. The standard InChI is InChI=1S/C22H25F2N3O3S/c1-15(22(28)25-21-14-18(23)6-8-20(21)24)26-9-11-27(12-10-26)31(29,30)19-7-5-16-3-2-4-17(16)13-19/h5-8,13-15H,2-4,9-12H2,1H3,(H,25,28)/t15-/m0/s1. The Morgan fingerprint density at radius 1 is 1.00 bits per heavy atom. The average molecular weight is 450 g/mol. The van der Waals surface area contributed by atoms with Gasteiger partial charge < -0.3 is 5.32 Å². The quantitative estimate of drug-likeness (QED) is 0.762. The Hall–Kier alpha value is -2.36. The maximum Gasteiger partial charge on any atom is 0.243 e.